The Hall–Kier alpha value is -2.91. The van der Waals surface area contributed by atoms with Crippen LogP contribution in [0.15, 0.2) is 24.3 Å². The molecule has 1 saturated heterocycles. The number of hydrogen-bond donors (Lipinski definition) is 0. The van der Waals surface area contributed by atoms with Crippen molar-refractivity contribution in [2.75, 3.05) is 38.3 Å². The molecule has 2 aromatic rings. The first-order valence-electron chi connectivity index (χ1n) is 11.5. The Morgan fingerprint density at radius 2 is 1.97 bits per heavy atom. The second-order valence-electron chi connectivity index (χ2n) is 9.07. The van der Waals surface area contributed by atoms with Crippen LogP contribution in [0.25, 0.3) is 11.1 Å². The monoisotopic (exact) mass is 432 g/mol. The molecule has 0 bridgehead atoms. The van der Waals surface area contributed by atoms with Gasteiger partial charge < -0.3 is 14.5 Å². The summed E-state index contributed by atoms with van der Waals surface area (Å²) < 4.78 is 5.06. The van der Waals surface area contributed by atoms with Gasteiger partial charge in [-0.15, -0.1) is 0 Å². The molecule has 0 N–H and O–H groups in total. The summed E-state index contributed by atoms with van der Waals surface area (Å²) >= 11 is 0. The van der Waals surface area contributed by atoms with Gasteiger partial charge in [0.25, 0.3) is 0 Å². The van der Waals surface area contributed by atoms with Crippen molar-refractivity contribution in [3.05, 3.63) is 46.6 Å². The lowest BCUT2D eigenvalue weighted by Crippen LogP contribution is -2.54. The number of amides is 1. The van der Waals surface area contributed by atoms with Crippen LogP contribution in [-0.4, -0.2) is 55.2 Å². The lowest BCUT2D eigenvalue weighted by molar-refractivity contribution is -0.134. The van der Waals surface area contributed by atoms with Crippen molar-refractivity contribution >= 4 is 11.7 Å². The number of carbonyl (C=O) groups is 1. The predicted molar refractivity (Wildman–Crippen MR) is 126 cm³/mol. The van der Waals surface area contributed by atoms with Gasteiger partial charge in [-0.05, 0) is 56.4 Å². The molecule has 1 amide bonds. The maximum atomic E-state index is 12.5. The molecule has 2 fully saturated rings. The average molecular weight is 433 g/mol. The molecule has 168 valence electrons. The van der Waals surface area contributed by atoms with Crippen LogP contribution in [0.5, 0.6) is 0 Å². The molecule has 4 rings (SSSR count). The molecule has 1 aromatic heterocycles. The SMILES string of the molecule is COCCC(=O)N1CCN(c2nc(C3CC3)c(-c3c(C)cccc3C)cc2C#N)C[C@H]1C. The first-order valence-corrected chi connectivity index (χ1v) is 11.5. The van der Waals surface area contributed by atoms with Crippen molar-refractivity contribution in [1.82, 2.24) is 9.88 Å². The summed E-state index contributed by atoms with van der Waals surface area (Å²) in [6.07, 6.45) is 2.70. The van der Waals surface area contributed by atoms with Gasteiger partial charge in [0.2, 0.25) is 5.91 Å². The second-order valence-corrected chi connectivity index (χ2v) is 9.07. The fourth-order valence-electron chi connectivity index (χ4n) is 4.80. The van der Waals surface area contributed by atoms with E-state index in [0.29, 0.717) is 44.1 Å². The summed E-state index contributed by atoms with van der Waals surface area (Å²) in [5, 5.41) is 10.0. The fraction of sp³-hybridized carbons (Fsp3) is 0.500. The zero-order valence-corrected chi connectivity index (χ0v) is 19.5. The molecule has 6 nitrogen and oxygen atoms in total. The number of nitrogens with zero attached hydrogens (tertiary/aromatic N) is 4. The number of piperazine rings is 1. The molecule has 1 aliphatic carbocycles. The summed E-state index contributed by atoms with van der Waals surface area (Å²) in [5.74, 6) is 1.35. The number of aryl methyl sites for hydroxylation is 2. The number of rotatable bonds is 6. The number of nitriles is 1. The standard InChI is InChI=1S/C26H32N4O2/c1-17-6-5-7-18(2)24(17)22-14-21(15-27)26(28-25(22)20-8-9-20)29-11-12-30(19(3)16-29)23(31)10-13-32-4/h5-7,14,19-20H,8-13,16H2,1-4H3/t19-/m1/s1. The molecule has 0 unspecified atom stereocenters. The van der Waals surface area contributed by atoms with E-state index >= 15 is 0 Å². The van der Waals surface area contributed by atoms with Gasteiger partial charge >= 0.3 is 0 Å². The molecular weight excluding hydrogens is 400 g/mol. The molecule has 2 heterocycles. The minimum atomic E-state index is 0.0594. The van der Waals surface area contributed by atoms with E-state index in [1.54, 1.807) is 7.11 Å². The van der Waals surface area contributed by atoms with E-state index in [4.69, 9.17) is 9.72 Å². The summed E-state index contributed by atoms with van der Waals surface area (Å²) in [6.45, 7) is 8.74. The summed E-state index contributed by atoms with van der Waals surface area (Å²) in [5.41, 5.74) is 6.45. The smallest absolute Gasteiger partial charge is 0.225 e. The van der Waals surface area contributed by atoms with Crippen molar-refractivity contribution in [3.63, 3.8) is 0 Å². The van der Waals surface area contributed by atoms with Crippen molar-refractivity contribution in [3.8, 4) is 17.2 Å². The number of methoxy groups -OCH3 is 1. The molecular formula is C26H32N4O2. The highest BCUT2D eigenvalue weighted by Crippen LogP contribution is 2.46. The number of benzene rings is 1. The van der Waals surface area contributed by atoms with Crippen molar-refractivity contribution < 1.29 is 9.53 Å². The lowest BCUT2D eigenvalue weighted by Gasteiger charge is -2.41. The number of anilines is 1. The van der Waals surface area contributed by atoms with Crippen LogP contribution in [0.4, 0.5) is 5.82 Å². The highest BCUT2D eigenvalue weighted by molar-refractivity contribution is 5.78. The Morgan fingerprint density at radius 3 is 2.56 bits per heavy atom. The zero-order valence-electron chi connectivity index (χ0n) is 19.5. The van der Waals surface area contributed by atoms with Gasteiger partial charge in [0.1, 0.15) is 11.9 Å². The molecule has 6 heteroatoms. The van der Waals surface area contributed by atoms with E-state index in [1.807, 2.05) is 11.0 Å². The number of ether oxygens (including phenoxy) is 1. The van der Waals surface area contributed by atoms with E-state index in [-0.39, 0.29) is 11.9 Å². The van der Waals surface area contributed by atoms with Gasteiger partial charge in [-0.25, -0.2) is 4.98 Å². The van der Waals surface area contributed by atoms with E-state index in [2.05, 4.69) is 49.9 Å². The minimum absolute atomic E-state index is 0.0594. The van der Waals surface area contributed by atoms with Crippen LogP contribution in [0.1, 0.15) is 54.5 Å². The number of pyridine rings is 1. The van der Waals surface area contributed by atoms with E-state index in [1.165, 1.54) is 16.7 Å². The number of hydrogen-bond acceptors (Lipinski definition) is 5. The maximum absolute atomic E-state index is 12.5. The molecule has 0 spiro atoms. The van der Waals surface area contributed by atoms with Crippen LogP contribution in [0, 0.1) is 25.2 Å². The third-order valence-corrected chi connectivity index (χ3v) is 6.63. The summed E-state index contributed by atoms with van der Waals surface area (Å²) in [6, 6.07) is 10.8. The summed E-state index contributed by atoms with van der Waals surface area (Å²) in [7, 11) is 1.61. The van der Waals surface area contributed by atoms with Gasteiger partial charge in [0.15, 0.2) is 0 Å². The van der Waals surface area contributed by atoms with Crippen LogP contribution < -0.4 is 4.90 Å². The van der Waals surface area contributed by atoms with Crippen LogP contribution in [-0.2, 0) is 9.53 Å². The predicted octanol–water partition coefficient (Wildman–Crippen LogP) is 4.19. The van der Waals surface area contributed by atoms with Gasteiger partial charge in [0, 0.05) is 44.3 Å². The second kappa shape index (κ2) is 9.30. The highest BCUT2D eigenvalue weighted by Gasteiger charge is 2.33. The van der Waals surface area contributed by atoms with Crippen molar-refractivity contribution in [2.24, 2.45) is 0 Å². The van der Waals surface area contributed by atoms with Crippen LogP contribution in [0.3, 0.4) is 0 Å². The Bertz CT molecular complexity index is 1030. The normalized spacial score (nSPS) is 18.5. The molecule has 1 atom stereocenters. The fourth-order valence-corrected chi connectivity index (χ4v) is 4.80. The first-order chi connectivity index (χ1) is 15.4. The van der Waals surface area contributed by atoms with Crippen molar-refractivity contribution in [1.29, 1.82) is 5.26 Å². The maximum Gasteiger partial charge on any atom is 0.225 e. The van der Waals surface area contributed by atoms with Gasteiger partial charge in [-0.1, -0.05) is 18.2 Å². The van der Waals surface area contributed by atoms with Gasteiger partial charge in [-0.2, -0.15) is 5.26 Å². The van der Waals surface area contributed by atoms with E-state index in [0.717, 1.165) is 29.9 Å². The Morgan fingerprint density at radius 1 is 1.25 bits per heavy atom. The molecule has 1 saturated carbocycles. The zero-order chi connectivity index (χ0) is 22.8. The van der Waals surface area contributed by atoms with E-state index in [9.17, 15) is 10.1 Å². The van der Waals surface area contributed by atoms with Crippen LogP contribution >= 0.6 is 0 Å². The Labute approximate surface area is 190 Å². The average Bonchev–Trinajstić information content (AvgIpc) is 3.62. The molecule has 0 radical (unpaired) electrons. The number of aromatic nitrogens is 1. The molecule has 32 heavy (non-hydrogen) atoms. The Balaban J connectivity index is 1.67. The molecule has 1 aromatic carbocycles. The largest absolute Gasteiger partial charge is 0.384 e. The third-order valence-electron chi connectivity index (χ3n) is 6.63. The van der Waals surface area contributed by atoms with Crippen molar-refractivity contribution in [2.45, 2.75) is 52.0 Å². The highest BCUT2D eigenvalue weighted by atomic mass is 16.5. The first kappa shape index (κ1) is 22.3. The quantitative estimate of drug-likeness (QED) is 0.685. The lowest BCUT2D eigenvalue weighted by atomic mass is 9.92. The molecule has 1 aliphatic heterocycles. The molecule has 2 aliphatic rings. The van der Waals surface area contributed by atoms with Gasteiger partial charge in [0.05, 0.1) is 24.3 Å². The van der Waals surface area contributed by atoms with Gasteiger partial charge in [-0.3, -0.25) is 4.79 Å². The number of carbonyl (C=O) groups excluding carboxylic acids is 1. The minimum Gasteiger partial charge on any atom is -0.384 e. The van der Waals surface area contributed by atoms with Crippen LogP contribution in [0.2, 0.25) is 0 Å². The van der Waals surface area contributed by atoms with E-state index < -0.39 is 0 Å². The summed E-state index contributed by atoms with van der Waals surface area (Å²) in [4.78, 5) is 21.7. The third kappa shape index (κ3) is 4.35. The topological polar surface area (TPSA) is 69.5 Å². The Kier molecular flexibility index (Phi) is 6.48.